The summed E-state index contributed by atoms with van der Waals surface area (Å²) >= 11 is 0. The smallest absolute Gasteiger partial charge is 0.251 e. The van der Waals surface area contributed by atoms with Gasteiger partial charge in [0.15, 0.2) is 0 Å². The molecule has 0 radical (unpaired) electrons. The molecule has 1 N–H and O–H groups in total. The average Bonchev–Trinajstić information content (AvgIpc) is 3.02. The van der Waals surface area contributed by atoms with Crippen molar-refractivity contribution < 1.29 is 14.1 Å². The number of ether oxygens (including phenoxy) is 1. The van der Waals surface area contributed by atoms with Crippen LogP contribution in [0, 0.1) is 13.8 Å². The number of nitrogens with one attached hydrogen (secondary N) is 1. The Morgan fingerprint density at radius 3 is 2.59 bits per heavy atom. The Kier molecular flexibility index (Phi) is 5.91. The van der Waals surface area contributed by atoms with E-state index in [2.05, 4.69) is 17.4 Å². The minimum atomic E-state index is -0.117. The molecule has 0 aliphatic heterocycles. The zero-order chi connectivity index (χ0) is 19.2. The normalized spacial score (nSPS) is 11.8. The molecule has 1 atom stereocenters. The fourth-order valence-electron chi connectivity index (χ4n) is 2.94. The zero-order valence-corrected chi connectivity index (χ0v) is 15.9. The van der Waals surface area contributed by atoms with Crippen LogP contribution in [0.25, 0.3) is 0 Å². The van der Waals surface area contributed by atoms with E-state index in [-0.39, 0.29) is 11.9 Å². The summed E-state index contributed by atoms with van der Waals surface area (Å²) in [6.07, 6.45) is 0.817. The Labute approximate surface area is 159 Å². The molecule has 0 bridgehead atoms. The van der Waals surface area contributed by atoms with Gasteiger partial charge in [0.1, 0.15) is 18.1 Å². The molecule has 3 rings (SSSR count). The number of rotatable bonds is 7. The Balaban J connectivity index is 1.68. The SMILES string of the molecule is CCC(NC(=O)c1cccc(OCc2c(C)noc2C)c1)c1ccccc1. The fraction of sp³-hybridized carbons (Fsp3) is 0.273. The molecule has 1 unspecified atom stereocenters. The van der Waals surface area contributed by atoms with Crippen molar-refractivity contribution in [3.05, 3.63) is 82.7 Å². The lowest BCUT2D eigenvalue weighted by Crippen LogP contribution is -2.28. The number of aryl methyl sites for hydroxylation is 2. The maximum Gasteiger partial charge on any atom is 0.251 e. The van der Waals surface area contributed by atoms with Crippen LogP contribution in [-0.2, 0) is 6.61 Å². The molecule has 0 aliphatic rings. The quantitative estimate of drug-likeness (QED) is 0.657. The largest absolute Gasteiger partial charge is 0.489 e. The lowest BCUT2D eigenvalue weighted by atomic mass is 10.0. The Bertz CT molecular complexity index is 883. The molecular formula is C22H24N2O3. The highest BCUT2D eigenvalue weighted by atomic mass is 16.5. The van der Waals surface area contributed by atoms with Crippen LogP contribution >= 0.6 is 0 Å². The van der Waals surface area contributed by atoms with Gasteiger partial charge in [-0.2, -0.15) is 0 Å². The molecule has 2 aromatic carbocycles. The van der Waals surface area contributed by atoms with Crippen molar-refractivity contribution in [1.29, 1.82) is 0 Å². The van der Waals surface area contributed by atoms with Gasteiger partial charge in [-0.3, -0.25) is 4.79 Å². The van der Waals surface area contributed by atoms with Crippen LogP contribution in [0.3, 0.4) is 0 Å². The van der Waals surface area contributed by atoms with Crippen LogP contribution in [-0.4, -0.2) is 11.1 Å². The van der Waals surface area contributed by atoms with Crippen molar-refractivity contribution in [3.8, 4) is 5.75 Å². The molecule has 1 aromatic heterocycles. The van der Waals surface area contributed by atoms with E-state index in [1.165, 1.54) is 0 Å². The van der Waals surface area contributed by atoms with Crippen LogP contribution < -0.4 is 10.1 Å². The number of aromatic nitrogens is 1. The van der Waals surface area contributed by atoms with Gasteiger partial charge in [0.25, 0.3) is 5.91 Å². The van der Waals surface area contributed by atoms with Crippen molar-refractivity contribution in [2.24, 2.45) is 0 Å². The highest BCUT2D eigenvalue weighted by molar-refractivity contribution is 5.94. The van der Waals surface area contributed by atoms with Crippen molar-refractivity contribution in [2.45, 2.75) is 39.8 Å². The second kappa shape index (κ2) is 8.54. The van der Waals surface area contributed by atoms with Crippen LogP contribution in [0.4, 0.5) is 0 Å². The average molecular weight is 364 g/mol. The third-order valence-electron chi connectivity index (χ3n) is 4.58. The number of hydrogen-bond acceptors (Lipinski definition) is 4. The van der Waals surface area contributed by atoms with E-state index in [9.17, 15) is 4.79 Å². The molecule has 5 nitrogen and oxygen atoms in total. The second-order valence-corrected chi connectivity index (χ2v) is 6.46. The molecule has 0 aliphatic carbocycles. The van der Waals surface area contributed by atoms with E-state index in [0.717, 1.165) is 29.0 Å². The van der Waals surface area contributed by atoms with Gasteiger partial charge in [0, 0.05) is 5.56 Å². The standard InChI is InChI=1S/C22H24N2O3/c1-4-21(17-9-6-5-7-10-17)23-22(25)18-11-8-12-19(13-18)26-14-20-15(2)24-27-16(20)3/h5-13,21H,4,14H2,1-3H3,(H,23,25). The van der Waals surface area contributed by atoms with Gasteiger partial charge in [-0.05, 0) is 44.0 Å². The van der Waals surface area contributed by atoms with Crippen molar-refractivity contribution in [1.82, 2.24) is 10.5 Å². The molecular weight excluding hydrogens is 340 g/mol. The first-order chi connectivity index (χ1) is 13.1. The summed E-state index contributed by atoms with van der Waals surface area (Å²) in [5.74, 6) is 1.26. The van der Waals surface area contributed by atoms with Gasteiger partial charge in [-0.15, -0.1) is 0 Å². The fourth-order valence-corrected chi connectivity index (χ4v) is 2.94. The predicted molar refractivity (Wildman–Crippen MR) is 104 cm³/mol. The summed E-state index contributed by atoms with van der Waals surface area (Å²) < 4.78 is 11.0. The van der Waals surface area contributed by atoms with Crippen LogP contribution in [0.5, 0.6) is 5.75 Å². The van der Waals surface area contributed by atoms with Gasteiger partial charge in [0.2, 0.25) is 0 Å². The molecule has 0 saturated carbocycles. The minimum Gasteiger partial charge on any atom is -0.489 e. The van der Waals surface area contributed by atoms with E-state index in [4.69, 9.17) is 9.26 Å². The molecule has 27 heavy (non-hydrogen) atoms. The number of hydrogen-bond donors (Lipinski definition) is 1. The molecule has 0 spiro atoms. The minimum absolute atomic E-state index is 0.0226. The van der Waals surface area contributed by atoms with Gasteiger partial charge in [-0.1, -0.05) is 48.5 Å². The highest BCUT2D eigenvalue weighted by Gasteiger charge is 2.15. The summed E-state index contributed by atoms with van der Waals surface area (Å²) in [6, 6.07) is 17.2. The third kappa shape index (κ3) is 4.56. The number of nitrogens with zero attached hydrogens (tertiary/aromatic N) is 1. The molecule has 1 heterocycles. The summed E-state index contributed by atoms with van der Waals surface area (Å²) in [5.41, 5.74) is 3.41. The number of carbonyl (C=O) groups excluding carboxylic acids is 1. The summed E-state index contributed by atoms with van der Waals surface area (Å²) in [7, 11) is 0. The summed E-state index contributed by atoms with van der Waals surface area (Å²) in [6.45, 7) is 6.15. The van der Waals surface area contributed by atoms with Crippen molar-refractivity contribution in [3.63, 3.8) is 0 Å². The Morgan fingerprint density at radius 2 is 1.93 bits per heavy atom. The lowest BCUT2D eigenvalue weighted by molar-refractivity contribution is 0.0935. The summed E-state index contributed by atoms with van der Waals surface area (Å²) in [5, 5.41) is 7.02. The van der Waals surface area contributed by atoms with E-state index < -0.39 is 0 Å². The second-order valence-electron chi connectivity index (χ2n) is 6.46. The van der Waals surface area contributed by atoms with Crippen LogP contribution in [0.15, 0.2) is 59.1 Å². The topological polar surface area (TPSA) is 64.4 Å². The summed E-state index contributed by atoms with van der Waals surface area (Å²) in [4.78, 5) is 12.7. The highest BCUT2D eigenvalue weighted by Crippen LogP contribution is 2.20. The molecule has 1 amide bonds. The molecule has 5 heteroatoms. The van der Waals surface area contributed by atoms with E-state index in [1.54, 1.807) is 12.1 Å². The number of amides is 1. The molecule has 3 aromatic rings. The molecule has 0 fully saturated rings. The monoisotopic (exact) mass is 364 g/mol. The van der Waals surface area contributed by atoms with E-state index in [1.807, 2.05) is 56.3 Å². The van der Waals surface area contributed by atoms with E-state index >= 15 is 0 Å². The van der Waals surface area contributed by atoms with Crippen molar-refractivity contribution in [2.75, 3.05) is 0 Å². The number of carbonyl (C=O) groups is 1. The van der Waals surface area contributed by atoms with Crippen LogP contribution in [0.1, 0.15) is 52.3 Å². The first kappa shape index (κ1) is 18.7. The lowest BCUT2D eigenvalue weighted by Gasteiger charge is -2.17. The number of benzene rings is 2. The maximum atomic E-state index is 12.7. The van der Waals surface area contributed by atoms with Gasteiger partial charge >= 0.3 is 0 Å². The zero-order valence-electron chi connectivity index (χ0n) is 15.9. The first-order valence-electron chi connectivity index (χ1n) is 9.09. The van der Waals surface area contributed by atoms with Gasteiger partial charge in [-0.25, -0.2) is 0 Å². The third-order valence-corrected chi connectivity index (χ3v) is 4.58. The maximum absolute atomic E-state index is 12.7. The first-order valence-corrected chi connectivity index (χ1v) is 9.09. The Hall–Kier alpha value is -3.08. The molecule has 0 saturated heterocycles. The molecule has 140 valence electrons. The van der Waals surface area contributed by atoms with Gasteiger partial charge in [0.05, 0.1) is 17.3 Å². The van der Waals surface area contributed by atoms with Crippen LogP contribution in [0.2, 0.25) is 0 Å². The van der Waals surface area contributed by atoms with E-state index in [0.29, 0.717) is 17.9 Å². The Morgan fingerprint density at radius 1 is 1.15 bits per heavy atom. The van der Waals surface area contributed by atoms with Crippen molar-refractivity contribution >= 4 is 5.91 Å². The predicted octanol–water partition coefficient (Wildman–Crippen LogP) is 4.75. The van der Waals surface area contributed by atoms with Gasteiger partial charge < -0.3 is 14.6 Å².